The summed E-state index contributed by atoms with van der Waals surface area (Å²) in [6.07, 6.45) is 10.8. The maximum Gasteiger partial charge on any atom is 0.251 e. The van der Waals surface area contributed by atoms with Gasteiger partial charge in [0.05, 0.1) is 23.1 Å². The van der Waals surface area contributed by atoms with E-state index >= 15 is 0 Å². The molecule has 284 valence electrons. The standard InChI is InChI=1S/C21H19FN4O2.C21H26N4O2/c1-12-2-3-14(21(28)25-16-8-9-16)10-18(12)26-20(23)17(11-24-26)19(27)13-4-6-15(22)7-5-13;1-13-7-8-15(21(27)23-16-9-10-16)11-18(13)25-19(22)12-17(24-25)20(26)14-5-3-2-4-6-14/h2-7,10-11,16H,8-9,23H2,1H3,(H,25,28);7-8,11-12,14,16H,2-6,9-10,22H2,1H3,(H,23,27). The van der Waals surface area contributed by atoms with Gasteiger partial charge < -0.3 is 22.1 Å². The Hall–Kier alpha value is -6.11. The quantitative estimate of drug-likeness (QED) is 0.118. The number of Topliss-reactive ketones (excluding diaryl/α,β-unsaturated/α-hetero) is 1. The van der Waals surface area contributed by atoms with E-state index in [2.05, 4.69) is 20.8 Å². The maximum atomic E-state index is 13.1. The molecule has 55 heavy (non-hydrogen) atoms. The predicted octanol–water partition coefficient (Wildman–Crippen LogP) is 6.44. The number of nitrogens with one attached hydrogen (secondary N) is 2. The third-order valence-electron chi connectivity index (χ3n) is 10.3. The second-order valence-electron chi connectivity index (χ2n) is 14.8. The normalized spacial score (nSPS) is 15.5. The molecule has 0 radical (unpaired) electrons. The Morgan fingerprint density at radius 3 is 1.76 bits per heavy atom. The van der Waals surface area contributed by atoms with Crippen LogP contribution in [0.1, 0.15) is 116 Å². The first kappa shape index (κ1) is 37.2. The summed E-state index contributed by atoms with van der Waals surface area (Å²) in [6.45, 7) is 3.82. The minimum absolute atomic E-state index is 0.0539. The Morgan fingerprint density at radius 1 is 0.691 bits per heavy atom. The fourth-order valence-corrected chi connectivity index (χ4v) is 6.71. The highest BCUT2D eigenvalue weighted by atomic mass is 19.1. The van der Waals surface area contributed by atoms with E-state index in [0.29, 0.717) is 39.9 Å². The molecule has 13 heteroatoms. The van der Waals surface area contributed by atoms with E-state index < -0.39 is 5.82 Å². The smallest absolute Gasteiger partial charge is 0.251 e. The topological polar surface area (TPSA) is 180 Å². The van der Waals surface area contributed by atoms with Crippen LogP contribution in [0.15, 0.2) is 72.9 Å². The van der Waals surface area contributed by atoms with Gasteiger partial charge in [0, 0.05) is 40.8 Å². The van der Waals surface area contributed by atoms with E-state index in [9.17, 15) is 23.6 Å². The largest absolute Gasteiger partial charge is 0.384 e. The van der Waals surface area contributed by atoms with Crippen LogP contribution in [-0.2, 0) is 0 Å². The number of carbonyl (C=O) groups excluding carboxylic acids is 4. The first-order valence-electron chi connectivity index (χ1n) is 18.8. The molecule has 3 aliphatic carbocycles. The SMILES string of the molecule is Cc1ccc(C(=O)NC2CC2)cc1-n1nc(C(=O)C2CCCCC2)cc1N.Cc1ccc(C(=O)NC2CC2)cc1-n1ncc(C(=O)c2ccc(F)cc2)c1N. The molecule has 0 atom stereocenters. The summed E-state index contributed by atoms with van der Waals surface area (Å²) in [7, 11) is 0. The lowest BCUT2D eigenvalue weighted by Crippen LogP contribution is -2.25. The van der Waals surface area contributed by atoms with Crippen molar-refractivity contribution in [1.82, 2.24) is 30.2 Å². The number of hydrogen-bond acceptors (Lipinski definition) is 8. The summed E-state index contributed by atoms with van der Waals surface area (Å²) < 4.78 is 16.1. The molecule has 0 bridgehead atoms. The molecular weight excluding hydrogens is 700 g/mol. The van der Waals surface area contributed by atoms with Crippen LogP contribution in [0.2, 0.25) is 0 Å². The van der Waals surface area contributed by atoms with Crippen LogP contribution in [0.5, 0.6) is 0 Å². The first-order valence-corrected chi connectivity index (χ1v) is 18.8. The summed E-state index contributed by atoms with van der Waals surface area (Å²) in [5, 5.41) is 14.7. The number of rotatable bonds is 10. The van der Waals surface area contributed by atoms with Gasteiger partial charge >= 0.3 is 0 Å². The number of halogens is 1. The average molecular weight is 745 g/mol. The lowest BCUT2D eigenvalue weighted by molar-refractivity contribution is 0.0882. The monoisotopic (exact) mass is 744 g/mol. The molecule has 0 spiro atoms. The summed E-state index contributed by atoms with van der Waals surface area (Å²) in [4.78, 5) is 50.2. The van der Waals surface area contributed by atoms with Gasteiger partial charge in [-0.2, -0.15) is 10.2 Å². The molecule has 2 heterocycles. The summed E-state index contributed by atoms with van der Waals surface area (Å²) in [5.74, 6) is -0.269. The highest BCUT2D eigenvalue weighted by Gasteiger charge is 2.28. The number of hydrogen-bond donors (Lipinski definition) is 4. The zero-order valence-corrected chi connectivity index (χ0v) is 31.0. The average Bonchev–Trinajstić information content (AvgIpc) is 4.12. The van der Waals surface area contributed by atoms with Crippen LogP contribution in [0.4, 0.5) is 16.0 Å². The van der Waals surface area contributed by atoms with Crippen LogP contribution in [0, 0.1) is 25.6 Å². The van der Waals surface area contributed by atoms with Gasteiger partial charge in [0.15, 0.2) is 11.6 Å². The van der Waals surface area contributed by atoms with E-state index in [1.807, 2.05) is 32.0 Å². The third-order valence-corrected chi connectivity index (χ3v) is 10.3. The van der Waals surface area contributed by atoms with Crippen LogP contribution in [0.3, 0.4) is 0 Å². The second kappa shape index (κ2) is 15.7. The number of carbonyl (C=O) groups is 4. The molecule has 5 aromatic rings. The van der Waals surface area contributed by atoms with Gasteiger partial charge in [-0.25, -0.2) is 13.8 Å². The van der Waals surface area contributed by atoms with Crippen LogP contribution in [0.25, 0.3) is 11.4 Å². The molecule has 3 aliphatic rings. The second-order valence-corrected chi connectivity index (χ2v) is 14.8. The van der Waals surface area contributed by atoms with E-state index in [4.69, 9.17) is 11.5 Å². The number of aryl methyl sites for hydroxylation is 2. The van der Waals surface area contributed by atoms with E-state index in [0.717, 1.165) is 68.2 Å². The number of aromatic nitrogens is 4. The number of amides is 2. The molecule has 0 saturated heterocycles. The molecule has 3 aromatic carbocycles. The van der Waals surface area contributed by atoms with Crippen molar-refractivity contribution in [2.45, 2.75) is 83.7 Å². The molecule has 3 fully saturated rings. The summed E-state index contributed by atoms with van der Waals surface area (Å²) >= 11 is 0. The Labute approximate surface area is 318 Å². The lowest BCUT2D eigenvalue weighted by Gasteiger charge is -2.19. The number of nitrogens with two attached hydrogens (primary N) is 2. The van der Waals surface area contributed by atoms with Crippen molar-refractivity contribution >= 4 is 35.0 Å². The molecule has 12 nitrogen and oxygen atoms in total. The van der Waals surface area contributed by atoms with Crippen molar-refractivity contribution in [3.8, 4) is 11.4 Å². The van der Waals surface area contributed by atoms with Crippen LogP contribution >= 0.6 is 0 Å². The molecular formula is C42H45FN8O4. The number of ketones is 2. The molecule has 8 rings (SSSR count). The van der Waals surface area contributed by atoms with Gasteiger partial charge in [0.2, 0.25) is 0 Å². The number of benzene rings is 3. The van der Waals surface area contributed by atoms with Crippen molar-refractivity contribution in [2.24, 2.45) is 5.92 Å². The van der Waals surface area contributed by atoms with Crippen LogP contribution in [-0.4, -0.2) is 55.0 Å². The van der Waals surface area contributed by atoms with Gasteiger partial charge in [0.25, 0.3) is 11.8 Å². The van der Waals surface area contributed by atoms with Gasteiger partial charge in [-0.1, -0.05) is 31.4 Å². The number of nitrogens with zero attached hydrogens (tertiary/aromatic N) is 4. The molecule has 2 amide bonds. The van der Waals surface area contributed by atoms with Crippen molar-refractivity contribution < 1.29 is 23.6 Å². The molecule has 0 unspecified atom stereocenters. The minimum atomic E-state index is -0.419. The van der Waals surface area contributed by atoms with Gasteiger partial charge in [0.1, 0.15) is 23.1 Å². The Kier molecular flexibility index (Phi) is 10.6. The Balaban J connectivity index is 0.000000169. The van der Waals surface area contributed by atoms with Gasteiger partial charge in [-0.3, -0.25) is 19.2 Å². The Morgan fingerprint density at radius 2 is 1.22 bits per heavy atom. The highest BCUT2D eigenvalue weighted by Crippen LogP contribution is 2.29. The van der Waals surface area contributed by atoms with Crippen LogP contribution < -0.4 is 22.1 Å². The first-order chi connectivity index (χ1) is 26.5. The van der Waals surface area contributed by atoms with Gasteiger partial charge in [-0.15, -0.1) is 0 Å². The highest BCUT2D eigenvalue weighted by molar-refractivity contribution is 6.11. The lowest BCUT2D eigenvalue weighted by atomic mass is 9.85. The molecule has 2 aromatic heterocycles. The number of anilines is 2. The fraction of sp³-hybridized carbons (Fsp3) is 0.333. The van der Waals surface area contributed by atoms with Crippen molar-refractivity contribution in [3.63, 3.8) is 0 Å². The molecule has 0 aliphatic heterocycles. The van der Waals surface area contributed by atoms with Crippen molar-refractivity contribution in [3.05, 3.63) is 118 Å². The summed E-state index contributed by atoms with van der Waals surface area (Å²) in [6, 6.07) is 18.3. The molecule has 6 N–H and O–H groups in total. The van der Waals surface area contributed by atoms with Gasteiger partial charge in [-0.05, 0) is 112 Å². The zero-order valence-electron chi connectivity index (χ0n) is 31.0. The van der Waals surface area contributed by atoms with E-state index in [1.165, 1.54) is 41.6 Å². The van der Waals surface area contributed by atoms with E-state index in [-0.39, 0.29) is 46.7 Å². The minimum Gasteiger partial charge on any atom is -0.384 e. The summed E-state index contributed by atoms with van der Waals surface area (Å²) in [5.41, 5.74) is 17.6. The van der Waals surface area contributed by atoms with E-state index in [1.54, 1.807) is 28.9 Å². The number of nitrogen functional groups attached to an aromatic ring is 2. The molecule has 3 saturated carbocycles. The van der Waals surface area contributed by atoms with Crippen molar-refractivity contribution in [1.29, 1.82) is 0 Å². The zero-order chi connectivity index (χ0) is 38.8. The maximum absolute atomic E-state index is 13.1. The predicted molar refractivity (Wildman–Crippen MR) is 207 cm³/mol. The van der Waals surface area contributed by atoms with Crippen molar-refractivity contribution in [2.75, 3.05) is 11.5 Å². The Bertz CT molecular complexity index is 2260. The fourth-order valence-electron chi connectivity index (χ4n) is 6.71. The third kappa shape index (κ3) is 8.51.